The van der Waals surface area contributed by atoms with E-state index in [1.165, 1.54) is 17.7 Å². The Morgan fingerprint density at radius 3 is 2.54 bits per heavy atom. The van der Waals surface area contributed by atoms with Gasteiger partial charge in [0.2, 0.25) is 0 Å². The van der Waals surface area contributed by atoms with Crippen LogP contribution >= 0.6 is 11.8 Å². The first-order valence-corrected chi connectivity index (χ1v) is 5.52. The fourth-order valence-electron chi connectivity index (χ4n) is 1.11. The summed E-state index contributed by atoms with van der Waals surface area (Å²) in [4.78, 5) is 5.27. The minimum absolute atomic E-state index is 0.592. The van der Waals surface area contributed by atoms with E-state index >= 15 is 0 Å². The van der Waals surface area contributed by atoms with Gasteiger partial charge in [-0.05, 0) is 25.0 Å². The van der Waals surface area contributed by atoms with Crippen molar-refractivity contribution in [2.75, 3.05) is 5.73 Å². The number of pyridine rings is 1. The molecule has 2 nitrogen and oxygen atoms in total. The van der Waals surface area contributed by atoms with Crippen molar-refractivity contribution in [3.8, 4) is 0 Å². The summed E-state index contributed by atoms with van der Waals surface area (Å²) in [5.41, 5.74) is 5.50. The molecule has 0 saturated heterocycles. The van der Waals surface area contributed by atoms with Crippen molar-refractivity contribution in [1.29, 1.82) is 0 Å². The Hall–Kier alpha value is -0.700. The maximum atomic E-state index is 5.50. The number of nitrogens with two attached hydrogens (primary N) is 1. The quantitative estimate of drug-likeness (QED) is 0.752. The number of anilines is 1. The first-order valence-electron chi connectivity index (χ1n) is 4.64. The van der Waals surface area contributed by atoms with Crippen molar-refractivity contribution in [2.45, 2.75) is 36.8 Å². The molecule has 0 spiro atoms. The van der Waals surface area contributed by atoms with E-state index in [1.54, 1.807) is 0 Å². The highest BCUT2D eigenvalue weighted by Crippen LogP contribution is 2.26. The fourth-order valence-corrected chi connectivity index (χ4v) is 2.09. The van der Waals surface area contributed by atoms with Gasteiger partial charge in [-0.1, -0.05) is 13.8 Å². The van der Waals surface area contributed by atoms with E-state index in [9.17, 15) is 0 Å². The molecule has 2 N–H and O–H groups in total. The summed E-state index contributed by atoms with van der Waals surface area (Å²) in [5, 5.41) is 0.699. The second-order valence-corrected chi connectivity index (χ2v) is 4.35. The van der Waals surface area contributed by atoms with Gasteiger partial charge in [0, 0.05) is 16.3 Å². The maximum Gasteiger partial charge on any atom is 0.123 e. The summed E-state index contributed by atoms with van der Waals surface area (Å²) in [7, 11) is 0. The number of nitrogens with zero attached hydrogens (tertiary/aromatic N) is 1. The van der Waals surface area contributed by atoms with Crippen LogP contribution in [0.25, 0.3) is 0 Å². The predicted molar refractivity (Wildman–Crippen MR) is 58.9 cm³/mol. The van der Waals surface area contributed by atoms with E-state index in [4.69, 9.17) is 5.73 Å². The summed E-state index contributed by atoms with van der Waals surface area (Å²) >= 11 is 1.88. The molecular formula is C10H16N2S. The van der Waals surface area contributed by atoms with Gasteiger partial charge in [-0.3, -0.25) is 0 Å². The summed E-state index contributed by atoms with van der Waals surface area (Å²) in [5.74, 6) is 0.592. The molecule has 0 aliphatic heterocycles. The second-order valence-electron chi connectivity index (χ2n) is 2.98. The van der Waals surface area contributed by atoms with Gasteiger partial charge >= 0.3 is 0 Å². The molecule has 13 heavy (non-hydrogen) atoms. The molecule has 1 heterocycles. The lowest BCUT2D eigenvalue weighted by Crippen LogP contribution is -1.97. The third kappa shape index (κ3) is 3.27. The van der Waals surface area contributed by atoms with Crippen LogP contribution in [0.15, 0.2) is 23.2 Å². The fraction of sp³-hybridized carbons (Fsp3) is 0.500. The van der Waals surface area contributed by atoms with E-state index in [-0.39, 0.29) is 0 Å². The van der Waals surface area contributed by atoms with Gasteiger partial charge in [0.05, 0.1) is 0 Å². The highest BCUT2D eigenvalue weighted by atomic mass is 32.2. The third-order valence-electron chi connectivity index (χ3n) is 1.97. The molecule has 1 aromatic rings. The Bertz CT molecular complexity index is 242. The van der Waals surface area contributed by atoms with Crippen molar-refractivity contribution >= 4 is 17.6 Å². The zero-order chi connectivity index (χ0) is 9.68. The molecule has 1 aromatic heterocycles. The molecule has 0 amide bonds. The van der Waals surface area contributed by atoms with Gasteiger partial charge in [-0.2, -0.15) is 0 Å². The summed E-state index contributed by atoms with van der Waals surface area (Å²) in [6.45, 7) is 4.43. The number of aromatic nitrogens is 1. The van der Waals surface area contributed by atoms with Gasteiger partial charge in [-0.25, -0.2) is 4.98 Å². The molecule has 0 unspecified atom stereocenters. The number of nitrogen functional groups attached to an aromatic ring is 1. The van der Waals surface area contributed by atoms with Crippen LogP contribution in [0.1, 0.15) is 26.7 Å². The van der Waals surface area contributed by atoms with Gasteiger partial charge in [0.1, 0.15) is 5.82 Å². The predicted octanol–water partition coefficient (Wildman–Crippen LogP) is 2.94. The van der Waals surface area contributed by atoms with Gasteiger partial charge in [-0.15, -0.1) is 11.8 Å². The minimum atomic E-state index is 0.592. The van der Waals surface area contributed by atoms with Crippen LogP contribution in [-0.2, 0) is 0 Å². The summed E-state index contributed by atoms with van der Waals surface area (Å²) < 4.78 is 0. The molecule has 1 rings (SSSR count). The van der Waals surface area contributed by atoms with Gasteiger partial charge in [0.25, 0.3) is 0 Å². The van der Waals surface area contributed by atoms with Crippen molar-refractivity contribution in [3.05, 3.63) is 18.3 Å². The standard InChI is InChI=1S/C10H16N2S/c1-3-8(4-2)13-9-5-6-10(11)12-7-9/h5-8H,3-4H2,1-2H3,(H2,11,12). The van der Waals surface area contributed by atoms with E-state index in [2.05, 4.69) is 18.8 Å². The number of hydrogen-bond acceptors (Lipinski definition) is 3. The third-order valence-corrected chi connectivity index (χ3v) is 3.49. The molecule has 0 atom stereocenters. The molecule has 0 aliphatic rings. The van der Waals surface area contributed by atoms with Crippen LogP contribution in [-0.4, -0.2) is 10.2 Å². The monoisotopic (exact) mass is 196 g/mol. The Balaban J connectivity index is 2.58. The van der Waals surface area contributed by atoms with E-state index in [0.717, 1.165) is 0 Å². The average Bonchev–Trinajstić information content (AvgIpc) is 2.17. The SMILES string of the molecule is CCC(CC)Sc1ccc(N)nc1. The van der Waals surface area contributed by atoms with E-state index < -0.39 is 0 Å². The van der Waals surface area contributed by atoms with Crippen LogP contribution in [0.4, 0.5) is 5.82 Å². The lowest BCUT2D eigenvalue weighted by molar-refractivity contribution is 0.792. The van der Waals surface area contributed by atoms with Crippen LogP contribution in [0, 0.1) is 0 Å². The summed E-state index contributed by atoms with van der Waals surface area (Å²) in [6.07, 6.45) is 4.25. The Morgan fingerprint density at radius 1 is 1.38 bits per heavy atom. The number of rotatable bonds is 4. The highest BCUT2D eigenvalue weighted by molar-refractivity contribution is 8.00. The first-order chi connectivity index (χ1) is 6.26. The van der Waals surface area contributed by atoms with Crippen molar-refractivity contribution in [2.24, 2.45) is 0 Å². The lowest BCUT2D eigenvalue weighted by Gasteiger charge is -2.10. The zero-order valence-electron chi connectivity index (χ0n) is 8.16. The first kappa shape index (κ1) is 10.4. The molecule has 72 valence electrons. The topological polar surface area (TPSA) is 38.9 Å². The van der Waals surface area contributed by atoms with Crippen LogP contribution in [0.3, 0.4) is 0 Å². The van der Waals surface area contributed by atoms with Gasteiger partial charge in [0.15, 0.2) is 0 Å². The van der Waals surface area contributed by atoms with Crippen LogP contribution < -0.4 is 5.73 Å². The molecule has 0 saturated carbocycles. The van der Waals surface area contributed by atoms with Crippen LogP contribution in [0.5, 0.6) is 0 Å². The molecule has 0 aliphatic carbocycles. The molecule has 0 fully saturated rings. The van der Waals surface area contributed by atoms with Gasteiger partial charge < -0.3 is 5.73 Å². The molecule has 0 aromatic carbocycles. The molecule has 0 bridgehead atoms. The zero-order valence-corrected chi connectivity index (χ0v) is 8.97. The maximum absolute atomic E-state index is 5.50. The van der Waals surface area contributed by atoms with Crippen molar-refractivity contribution in [3.63, 3.8) is 0 Å². The van der Waals surface area contributed by atoms with E-state index in [0.29, 0.717) is 11.1 Å². The van der Waals surface area contributed by atoms with Crippen molar-refractivity contribution < 1.29 is 0 Å². The molecular weight excluding hydrogens is 180 g/mol. The van der Waals surface area contributed by atoms with Crippen LogP contribution in [0.2, 0.25) is 0 Å². The second kappa shape index (κ2) is 5.12. The number of thioether (sulfide) groups is 1. The normalized spacial score (nSPS) is 10.7. The Kier molecular flexibility index (Phi) is 4.09. The number of hydrogen-bond donors (Lipinski definition) is 1. The Morgan fingerprint density at radius 2 is 2.08 bits per heavy atom. The molecule has 3 heteroatoms. The van der Waals surface area contributed by atoms with E-state index in [1.807, 2.05) is 30.1 Å². The minimum Gasteiger partial charge on any atom is -0.384 e. The van der Waals surface area contributed by atoms with Crippen molar-refractivity contribution in [1.82, 2.24) is 4.98 Å². The summed E-state index contributed by atoms with van der Waals surface area (Å²) in [6, 6.07) is 3.88. The average molecular weight is 196 g/mol. The lowest BCUT2D eigenvalue weighted by atomic mass is 10.3. The highest BCUT2D eigenvalue weighted by Gasteiger charge is 2.04. The Labute approximate surface area is 83.9 Å². The largest absolute Gasteiger partial charge is 0.384 e. The smallest absolute Gasteiger partial charge is 0.123 e. The molecule has 0 radical (unpaired) electrons.